The number of hydrogen-bond acceptors (Lipinski definition) is 3. The summed E-state index contributed by atoms with van der Waals surface area (Å²) in [6, 6.07) is 7.56. The molecule has 0 unspecified atom stereocenters. The summed E-state index contributed by atoms with van der Waals surface area (Å²) in [5.41, 5.74) is 0.357. The molecule has 1 aromatic carbocycles. The van der Waals surface area contributed by atoms with E-state index in [1.54, 1.807) is 7.11 Å². The number of hydrogen-bond donors (Lipinski definition) is 2. The maximum Gasteiger partial charge on any atom is 0.311 e. The molecule has 5 heteroatoms. The molecule has 0 radical (unpaired) electrons. The topological polar surface area (TPSA) is 75.6 Å². The van der Waals surface area contributed by atoms with Gasteiger partial charge in [-0.05, 0) is 37.0 Å². The van der Waals surface area contributed by atoms with Crippen LogP contribution in [-0.4, -0.2) is 30.6 Å². The average Bonchev–Trinajstić information content (AvgIpc) is 3.25. The Morgan fingerprint density at radius 2 is 1.95 bits per heavy atom. The zero-order chi connectivity index (χ0) is 14.6. The Bertz CT molecular complexity index is 491. The lowest BCUT2D eigenvalue weighted by Gasteiger charge is -2.11. The van der Waals surface area contributed by atoms with Crippen molar-refractivity contribution < 1.29 is 19.4 Å². The highest BCUT2D eigenvalue weighted by Gasteiger charge is 2.50. The van der Waals surface area contributed by atoms with Crippen LogP contribution in [0.2, 0.25) is 0 Å². The maximum atomic E-state index is 11.7. The summed E-state index contributed by atoms with van der Waals surface area (Å²) >= 11 is 0. The predicted octanol–water partition coefficient (Wildman–Crippen LogP) is 1.61. The molecular formula is C15H19NO4. The number of rotatable bonds is 7. The summed E-state index contributed by atoms with van der Waals surface area (Å²) in [5.74, 6) is -0.128. The number of amides is 1. The van der Waals surface area contributed by atoms with E-state index in [1.165, 1.54) is 0 Å². The Kier molecular flexibility index (Phi) is 4.27. The molecule has 1 aliphatic carbocycles. The standard InChI is InChI=1S/C15H19NO4/c1-20-12-5-2-11(3-6-12)4-7-13(17)16-10-15(8-9-15)14(18)19/h2-3,5-6H,4,7-10H2,1H3,(H,16,17)(H,18,19). The van der Waals surface area contributed by atoms with Crippen molar-refractivity contribution in [3.05, 3.63) is 29.8 Å². The second-order valence-corrected chi connectivity index (χ2v) is 5.21. The molecule has 108 valence electrons. The van der Waals surface area contributed by atoms with Crippen molar-refractivity contribution in [2.75, 3.05) is 13.7 Å². The van der Waals surface area contributed by atoms with Crippen molar-refractivity contribution in [3.63, 3.8) is 0 Å². The van der Waals surface area contributed by atoms with Gasteiger partial charge in [-0.2, -0.15) is 0 Å². The van der Waals surface area contributed by atoms with Crippen LogP contribution in [0.4, 0.5) is 0 Å². The second-order valence-electron chi connectivity index (χ2n) is 5.21. The van der Waals surface area contributed by atoms with Crippen molar-refractivity contribution in [2.24, 2.45) is 5.41 Å². The van der Waals surface area contributed by atoms with Gasteiger partial charge in [-0.1, -0.05) is 12.1 Å². The molecule has 1 fully saturated rings. The molecule has 1 amide bonds. The van der Waals surface area contributed by atoms with Gasteiger partial charge in [0, 0.05) is 13.0 Å². The van der Waals surface area contributed by atoms with Crippen molar-refractivity contribution in [3.8, 4) is 5.75 Å². The second kappa shape index (κ2) is 5.94. The molecule has 0 aromatic heterocycles. The number of nitrogens with one attached hydrogen (secondary N) is 1. The molecule has 0 aliphatic heterocycles. The first-order chi connectivity index (χ1) is 9.55. The lowest BCUT2D eigenvalue weighted by molar-refractivity contribution is -0.143. The highest BCUT2D eigenvalue weighted by molar-refractivity contribution is 5.81. The zero-order valence-corrected chi connectivity index (χ0v) is 11.5. The Balaban J connectivity index is 1.73. The van der Waals surface area contributed by atoms with E-state index in [-0.39, 0.29) is 12.5 Å². The van der Waals surface area contributed by atoms with Gasteiger partial charge >= 0.3 is 5.97 Å². The van der Waals surface area contributed by atoms with E-state index >= 15 is 0 Å². The fourth-order valence-electron chi connectivity index (χ4n) is 2.02. The number of carbonyl (C=O) groups excluding carboxylic acids is 1. The van der Waals surface area contributed by atoms with Crippen LogP contribution in [0, 0.1) is 5.41 Å². The van der Waals surface area contributed by atoms with E-state index in [1.807, 2.05) is 24.3 Å². The molecule has 5 nitrogen and oxygen atoms in total. The molecule has 1 saturated carbocycles. The third kappa shape index (κ3) is 3.50. The summed E-state index contributed by atoms with van der Waals surface area (Å²) in [4.78, 5) is 22.7. The minimum absolute atomic E-state index is 0.103. The highest BCUT2D eigenvalue weighted by atomic mass is 16.5. The molecule has 2 rings (SSSR count). The Morgan fingerprint density at radius 3 is 2.45 bits per heavy atom. The van der Waals surface area contributed by atoms with E-state index in [2.05, 4.69) is 5.32 Å². The van der Waals surface area contributed by atoms with Crippen molar-refractivity contribution in [2.45, 2.75) is 25.7 Å². The smallest absolute Gasteiger partial charge is 0.311 e. The quantitative estimate of drug-likeness (QED) is 0.794. The molecule has 0 bridgehead atoms. The Hall–Kier alpha value is -2.04. The number of carboxylic acids is 1. The van der Waals surface area contributed by atoms with Crippen molar-refractivity contribution in [1.82, 2.24) is 5.32 Å². The van der Waals surface area contributed by atoms with E-state index in [9.17, 15) is 9.59 Å². The number of carboxylic acid groups (broad SMARTS) is 1. The van der Waals surface area contributed by atoms with Crippen LogP contribution in [0.5, 0.6) is 5.75 Å². The van der Waals surface area contributed by atoms with E-state index in [4.69, 9.17) is 9.84 Å². The van der Waals surface area contributed by atoms with Gasteiger partial charge in [0.1, 0.15) is 5.75 Å². The van der Waals surface area contributed by atoms with Crippen LogP contribution in [-0.2, 0) is 16.0 Å². The van der Waals surface area contributed by atoms with Gasteiger partial charge in [0.25, 0.3) is 0 Å². The Labute approximate surface area is 117 Å². The van der Waals surface area contributed by atoms with E-state index in [0.717, 1.165) is 11.3 Å². The lowest BCUT2D eigenvalue weighted by Crippen LogP contribution is -2.34. The van der Waals surface area contributed by atoms with Crippen LogP contribution >= 0.6 is 0 Å². The van der Waals surface area contributed by atoms with Gasteiger partial charge < -0.3 is 15.2 Å². The number of carbonyl (C=O) groups is 2. The average molecular weight is 277 g/mol. The summed E-state index contributed by atoms with van der Waals surface area (Å²) in [7, 11) is 1.61. The van der Waals surface area contributed by atoms with Crippen LogP contribution in [0.1, 0.15) is 24.8 Å². The Morgan fingerprint density at radius 1 is 1.30 bits per heavy atom. The summed E-state index contributed by atoms with van der Waals surface area (Å²) in [5, 5.41) is 11.7. The molecule has 0 saturated heterocycles. The molecular weight excluding hydrogens is 258 g/mol. The summed E-state index contributed by atoms with van der Waals surface area (Å²) < 4.78 is 5.07. The van der Waals surface area contributed by atoms with Crippen molar-refractivity contribution >= 4 is 11.9 Å². The van der Waals surface area contributed by atoms with Crippen LogP contribution in [0.25, 0.3) is 0 Å². The van der Waals surface area contributed by atoms with Gasteiger partial charge in [-0.15, -0.1) is 0 Å². The third-order valence-corrected chi connectivity index (χ3v) is 3.73. The molecule has 2 N–H and O–H groups in total. The van der Waals surface area contributed by atoms with Gasteiger partial charge in [0.15, 0.2) is 0 Å². The SMILES string of the molecule is COc1ccc(CCC(=O)NCC2(C(=O)O)CC2)cc1. The molecule has 20 heavy (non-hydrogen) atoms. The number of aliphatic carboxylic acids is 1. The number of benzene rings is 1. The summed E-state index contributed by atoms with van der Waals surface area (Å²) in [6.45, 7) is 0.240. The molecule has 0 atom stereocenters. The first-order valence-corrected chi connectivity index (χ1v) is 6.69. The largest absolute Gasteiger partial charge is 0.497 e. The first kappa shape index (κ1) is 14.4. The monoisotopic (exact) mass is 277 g/mol. The third-order valence-electron chi connectivity index (χ3n) is 3.73. The number of aryl methyl sites for hydroxylation is 1. The van der Waals surface area contributed by atoms with E-state index in [0.29, 0.717) is 25.7 Å². The number of ether oxygens (including phenoxy) is 1. The van der Waals surface area contributed by atoms with Gasteiger partial charge in [-0.3, -0.25) is 9.59 Å². The van der Waals surface area contributed by atoms with Gasteiger partial charge in [-0.25, -0.2) is 0 Å². The molecule has 1 aliphatic rings. The summed E-state index contributed by atoms with van der Waals surface area (Å²) in [6.07, 6.45) is 2.31. The minimum atomic E-state index is -0.812. The first-order valence-electron chi connectivity index (χ1n) is 6.69. The van der Waals surface area contributed by atoms with Crippen LogP contribution in [0.3, 0.4) is 0 Å². The minimum Gasteiger partial charge on any atom is -0.497 e. The molecule has 0 spiro atoms. The van der Waals surface area contributed by atoms with Gasteiger partial charge in [0.2, 0.25) is 5.91 Å². The highest BCUT2D eigenvalue weighted by Crippen LogP contribution is 2.45. The lowest BCUT2D eigenvalue weighted by atomic mass is 10.1. The molecule has 0 heterocycles. The maximum absolute atomic E-state index is 11.7. The fourth-order valence-corrected chi connectivity index (χ4v) is 2.02. The van der Waals surface area contributed by atoms with Crippen LogP contribution < -0.4 is 10.1 Å². The predicted molar refractivity (Wildman–Crippen MR) is 73.6 cm³/mol. The molecule has 1 aromatic rings. The van der Waals surface area contributed by atoms with Gasteiger partial charge in [0.05, 0.1) is 12.5 Å². The number of methoxy groups -OCH3 is 1. The fraction of sp³-hybridized carbons (Fsp3) is 0.467. The van der Waals surface area contributed by atoms with Crippen molar-refractivity contribution in [1.29, 1.82) is 0 Å². The van der Waals surface area contributed by atoms with Crippen LogP contribution in [0.15, 0.2) is 24.3 Å². The normalized spacial score (nSPS) is 15.4. The van der Waals surface area contributed by atoms with E-state index < -0.39 is 11.4 Å². The zero-order valence-electron chi connectivity index (χ0n) is 11.5.